The van der Waals surface area contributed by atoms with Gasteiger partial charge in [-0.1, -0.05) is 0 Å². The van der Waals surface area contributed by atoms with Crippen molar-refractivity contribution in [2.45, 2.75) is 32.2 Å². The van der Waals surface area contributed by atoms with Crippen molar-refractivity contribution in [3.05, 3.63) is 34.5 Å². The van der Waals surface area contributed by atoms with Crippen LogP contribution < -0.4 is 21.1 Å². The van der Waals surface area contributed by atoms with E-state index in [4.69, 9.17) is 21.0 Å². The number of hydrogen-bond acceptors (Lipinski definition) is 10. The van der Waals surface area contributed by atoms with Crippen molar-refractivity contribution in [3.8, 4) is 5.75 Å². The van der Waals surface area contributed by atoms with E-state index < -0.39 is 0 Å². The molecule has 3 aromatic rings. The molecule has 35 heavy (non-hydrogen) atoms. The van der Waals surface area contributed by atoms with E-state index in [9.17, 15) is 4.79 Å². The number of ether oxygens (including phenoxy) is 1. The molecule has 1 aliphatic carbocycles. The van der Waals surface area contributed by atoms with Crippen LogP contribution in [-0.2, 0) is 17.6 Å². The predicted molar refractivity (Wildman–Crippen MR) is 139 cm³/mol. The summed E-state index contributed by atoms with van der Waals surface area (Å²) >= 11 is 1.65. The summed E-state index contributed by atoms with van der Waals surface area (Å²) in [7, 11) is 1.70. The van der Waals surface area contributed by atoms with E-state index in [1.54, 1.807) is 36.8 Å². The fourth-order valence-electron chi connectivity index (χ4n) is 4.26. The number of likely N-dealkylation sites (N-methyl/N-ethyl adjacent to an activating group) is 1. The largest absolute Gasteiger partial charge is 0.492 e. The van der Waals surface area contributed by atoms with Gasteiger partial charge < -0.3 is 36.5 Å². The Hall–Kier alpha value is -3.28. The van der Waals surface area contributed by atoms with Crippen molar-refractivity contribution >= 4 is 50.9 Å². The number of nitrogens with one attached hydrogen (secondary N) is 3. The molecule has 0 aliphatic heterocycles. The highest BCUT2D eigenvalue weighted by Crippen LogP contribution is 2.40. The van der Waals surface area contributed by atoms with Gasteiger partial charge in [-0.2, -0.15) is 0 Å². The van der Waals surface area contributed by atoms with Gasteiger partial charge in [-0.05, 0) is 37.8 Å². The second-order valence-corrected chi connectivity index (χ2v) is 9.53. The number of aryl methyl sites for hydroxylation is 1. The zero-order valence-electron chi connectivity index (χ0n) is 19.9. The van der Waals surface area contributed by atoms with Crippen molar-refractivity contribution in [1.29, 1.82) is 5.41 Å². The molecule has 186 valence electrons. The number of aliphatic hydroxyl groups excluding tert-OH is 1. The number of nitrogens with zero attached hydrogens (tertiary/aromatic N) is 3. The number of aromatic nitrogens is 2. The minimum atomic E-state index is -0.0423. The van der Waals surface area contributed by atoms with Gasteiger partial charge in [0.15, 0.2) is 0 Å². The standard InChI is InChI=1S/C24H31N7O3S/c1-3-34-19-10-17(26)14(11-25)8-18(19)30-23-22-16-5-4-15(27-12-21(33)31(2)6-7-32)9-20(16)35-24(22)29-13-28-23/h8,10-11,13,15,25,27,32H,3-7,9,12,26H2,1-2H3,(H,28,29,30). The summed E-state index contributed by atoms with van der Waals surface area (Å²) in [6.45, 7) is 2.93. The maximum absolute atomic E-state index is 12.2. The number of carbonyl (C=O) groups excluding carboxylic acids is 1. The molecule has 10 nitrogen and oxygen atoms in total. The highest BCUT2D eigenvalue weighted by molar-refractivity contribution is 7.19. The highest BCUT2D eigenvalue weighted by atomic mass is 32.1. The zero-order valence-corrected chi connectivity index (χ0v) is 20.7. The summed E-state index contributed by atoms with van der Waals surface area (Å²) in [5, 5.41) is 24.4. The smallest absolute Gasteiger partial charge is 0.236 e. The van der Waals surface area contributed by atoms with E-state index in [0.29, 0.717) is 41.7 Å². The second kappa shape index (κ2) is 11.0. The van der Waals surface area contributed by atoms with Crippen molar-refractivity contribution < 1.29 is 14.6 Å². The van der Waals surface area contributed by atoms with Gasteiger partial charge in [0.05, 0.1) is 30.8 Å². The van der Waals surface area contributed by atoms with Crippen LogP contribution in [-0.4, -0.2) is 71.5 Å². The van der Waals surface area contributed by atoms with Gasteiger partial charge in [0, 0.05) is 48.0 Å². The van der Waals surface area contributed by atoms with Crippen LogP contribution in [0.2, 0.25) is 0 Å². The number of thiophene rings is 1. The Morgan fingerprint density at radius 3 is 3.00 bits per heavy atom. The Balaban J connectivity index is 1.57. The number of nitrogens with two attached hydrogens (primary N) is 1. The van der Waals surface area contributed by atoms with Crippen LogP contribution >= 0.6 is 11.3 Å². The first kappa shape index (κ1) is 24.8. The first-order valence-electron chi connectivity index (χ1n) is 11.6. The molecule has 1 unspecified atom stereocenters. The number of amides is 1. The quantitative estimate of drug-likeness (QED) is 0.212. The molecular formula is C24H31N7O3S. The van der Waals surface area contributed by atoms with Crippen LogP contribution in [0.1, 0.15) is 29.3 Å². The molecule has 0 bridgehead atoms. The van der Waals surface area contributed by atoms with E-state index in [1.807, 2.05) is 6.92 Å². The number of fused-ring (bicyclic) bond motifs is 3. The molecule has 1 atom stereocenters. The first-order valence-corrected chi connectivity index (χ1v) is 12.4. The van der Waals surface area contributed by atoms with E-state index in [-0.39, 0.29) is 25.1 Å². The molecule has 0 fully saturated rings. The minimum absolute atomic E-state index is 0.0311. The van der Waals surface area contributed by atoms with Crippen LogP contribution in [0.3, 0.4) is 0 Å². The van der Waals surface area contributed by atoms with E-state index in [1.165, 1.54) is 21.6 Å². The van der Waals surface area contributed by atoms with Gasteiger partial charge in [-0.25, -0.2) is 9.97 Å². The first-order chi connectivity index (χ1) is 16.9. The van der Waals surface area contributed by atoms with Crippen LogP contribution in [0.25, 0.3) is 10.2 Å². The summed E-state index contributed by atoms with van der Waals surface area (Å²) < 4.78 is 5.78. The molecule has 1 aromatic carbocycles. The third-order valence-electron chi connectivity index (χ3n) is 6.14. The Morgan fingerprint density at radius 1 is 1.43 bits per heavy atom. The van der Waals surface area contributed by atoms with Gasteiger partial charge in [-0.3, -0.25) is 4.79 Å². The third-order valence-corrected chi connectivity index (χ3v) is 7.30. The molecular weight excluding hydrogens is 466 g/mol. The SMILES string of the molecule is CCOc1cc(N)c(C=N)cc1Nc1ncnc2sc3c(c12)CCC(NCC(=O)N(C)CCO)C3. The van der Waals surface area contributed by atoms with Crippen LogP contribution in [0.4, 0.5) is 17.2 Å². The van der Waals surface area contributed by atoms with Crippen molar-refractivity contribution in [2.75, 3.05) is 44.4 Å². The monoisotopic (exact) mass is 497 g/mol. The number of aliphatic hydroxyl groups is 1. The number of anilines is 3. The molecule has 11 heteroatoms. The summed E-state index contributed by atoms with van der Waals surface area (Å²) in [6, 6.07) is 3.72. The lowest BCUT2D eigenvalue weighted by atomic mass is 9.93. The number of carbonyl (C=O) groups is 1. The van der Waals surface area contributed by atoms with Crippen LogP contribution in [0.5, 0.6) is 5.75 Å². The maximum atomic E-state index is 12.2. The second-order valence-electron chi connectivity index (χ2n) is 8.45. The third kappa shape index (κ3) is 5.37. The molecule has 2 heterocycles. The molecule has 4 rings (SSSR count). The summed E-state index contributed by atoms with van der Waals surface area (Å²) in [5.74, 6) is 1.27. The summed E-state index contributed by atoms with van der Waals surface area (Å²) in [5.41, 5.74) is 9.06. The van der Waals surface area contributed by atoms with Gasteiger partial charge in [-0.15, -0.1) is 11.3 Å². The Bertz CT molecular complexity index is 1230. The molecule has 0 radical (unpaired) electrons. The molecule has 6 N–H and O–H groups in total. The predicted octanol–water partition coefficient (Wildman–Crippen LogP) is 2.31. The average Bonchev–Trinajstić information content (AvgIpc) is 3.23. The van der Waals surface area contributed by atoms with Crippen LogP contribution in [0, 0.1) is 5.41 Å². The molecule has 0 saturated carbocycles. The topological polar surface area (TPSA) is 149 Å². The summed E-state index contributed by atoms with van der Waals surface area (Å²) in [4.78, 5) is 24.9. The lowest BCUT2D eigenvalue weighted by molar-refractivity contribution is -0.129. The van der Waals surface area contributed by atoms with E-state index in [2.05, 4.69) is 20.6 Å². The van der Waals surface area contributed by atoms with E-state index in [0.717, 1.165) is 29.5 Å². The number of hydrogen-bond donors (Lipinski definition) is 5. The van der Waals surface area contributed by atoms with Crippen molar-refractivity contribution in [2.24, 2.45) is 0 Å². The van der Waals surface area contributed by atoms with E-state index >= 15 is 0 Å². The average molecular weight is 498 g/mol. The molecule has 1 amide bonds. The van der Waals surface area contributed by atoms with Crippen LogP contribution in [0.15, 0.2) is 18.5 Å². The Morgan fingerprint density at radius 2 is 2.26 bits per heavy atom. The number of rotatable bonds is 10. The minimum Gasteiger partial charge on any atom is -0.492 e. The zero-order chi connectivity index (χ0) is 24.9. The van der Waals surface area contributed by atoms with Gasteiger partial charge in [0.1, 0.15) is 22.7 Å². The number of benzene rings is 1. The van der Waals surface area contributed by atoms with Crippen molar-refractivity contribution in [1.82, 2.24) is 20.2 Å². The molecule has 0 spiro atoms. The Labute approximate surface area is 208 Å². The maximum Gasteiger partial charge on any atom is 0.236 e. The van der Waals surface area contributed by atoms with Crippen molar-refractivity contribution in [3.63, 3.8) is 0 Å². The fraction of sp³-hybridized carbons (Fsp3) is 0.417. The summed E-state index contributed by atoms with van der Waals surface area (Å²) in [6.07, 6.45) is 5.33. The molecule has 2 aromatic heterocycles. The van der Waals surface area contributed by atoms with Gasteiger partial charge in [0.2, 0.25) is 5.91 Å². The number of nitrogen functional groups attached to an aromatic ring is 1. The Kier molecular flexibility index (Phi) is 7.79. The lowest BCUT2D eigenvalue weighted by Gasteiger charge is -2.25. The lowest BCUT2D eigenvalue weighted by Crippen LogP contribution is -2.42. The highest BCUT2D eigenvalue weighted by Gasteiger charge is 2.26. The van der Waals surface area contributed by atoms with Gasteiger partial charge >= 0.3 is 0 Å². The fourth-order valence-corrected chi connectivity index (χ4v) is 5.53. The molecule has 0 saturated heterocycles. The molecule has 1 aliphatic rings. The normalized spacial score (nSPS) is 15.0. The van der Waals surface area contributed by atoms with Gasteiger partial charge in [0.25, 0.3) is 0 Å².